The Balaban J connectivity index is 3.31. The molecule has 1 aliphatic rings. The number of likely N-dealkylation sites (N-methyl/N-ethyl adjacent to an activating group) is 1. The van der Waals surface area contributed by atoms with Gasteiger partial charge in [0.1, 0.15) is 18.1 Å². The normalized spacial score (nSPS) is 25.5. The minimum Gasteiger partial charge on any atom is -0.481 e. The van der Waals surface area contributed by atoms with Crippen molar-refractivity contribution < 1.29 is 33.9 Å². The number of nitrogens with zero attached hydrogens (tertiary/aromatic N) is 2. The van der Waals surface area contributed by atoms with Gasteiger partial charge in [0.05, 0.1) is 19.0 Å². The molecule has 0 aromatic heterocycles. The second kappa shape index (κ2) is 15.4. The molecular weight excluding hydrogens is 554 g/mol. The minimum atomic E-state index is -1.56. The molecule has 220 valence electrons. The van der Waals surface area contributed by atoms with Crippen LogP contribution in [0.3, 0.4) is 0 Å². The first-order valence-electron chi connectivity index (χ1n) is 11.8. The second-order valence-corrected chi connectivity index (χ2v) is 12.3. The van der Waals surface area contributed by atoms with Crippen molar-refractivity contribution in [2.45, 2.75) is 62.0 Å². The molecule has 4 atom stereocenters. The summed E-state index contributed by atoms with van der Waals surface area (Å²) in [5.41, 5.74) is 22.3. The Morgan fingerprint density at radius 3 is 2.33 bits per heavy atom. The zero-order valence-electron chi connectivity index (χ0n) is 22.0. The van der Waals surface area contributed by atoms with Gasteiger partial charge in [0, 0.05) is 24.1 Å². The number of aliphatic carboxylic acids is 1. The van der Waals surface area contributed by atoms with Crippen molar-refractivity contribution in [2.24, 2.45) is 27.9 Å². The van der Waals surface area contributed by atoms with E-state index in [1.165, 1.54) is 11.9 Å². The van der Waals surface area contributed by atoms with E-state index in [9.17, 15) is 33.9 Å². The number of primary amides is 1. The van der Waals surface area contributed by atoms with Gasteiger partial charge >= 0.3 is 5.97 Å². The summed E-state index contributed by atoms with van der Waals surface area (Å²) in [5.74, 6) is -5.38. The summed E-state index contributed by atoms with van der Waals surface area (Å²) in [6, 6.07) is -4.90. The molecule has 0 saturated carbocycles. The molecule has 0 aromatic rings. The number of hydrogen-bond donors (Lipinski definition) is 8. The van der Waals surface area contributed by atoms with Crippen LogP contribution in [0, 0.1) is 0 Å². The van der Waals surface area contributed by atoms with E-state index in [1.807, 2.05) is 0 Å². The third-order valence-corrected chi connectivity index (χ3v) is 8.94. The fraction of sp³-hybridized carbons (Fsp3) is 0.667. The Labute approximate surface area is 233 Å². The average molecular weight is 592 g/mol. The van der Waals surface area contributed by atoms with Crippen molar-refractivity contribution in [1.82, 2.24) is 20.9 Å². The van der Waals surface area contributed by atoms with E-state index in [0.29, 0.717) is 6.42 Å². The van der Waals surface area contributed by atoms with Crippen LogP contribution < -0.4 is 38.9 Å². The highest BCUT2D eigenvalue weighted by atomic mass is 33.1. The van der Waals surface area contributed by atoms with Gasteiger partial charge in [-0.15, -0.1) is 0 Å². The van der Waals surface area contributed by atoms with Crippen LogP contribution in [0.4, 0.5) is 0 Å². The molecule has 0 radical (unpaired) electrons. The molecule has 16 nitrogen and oxygen atoms in total. The maximum Gasteiger partial charge on any atom is 0.305 e. The van der Waals surface area contributed by atoms with Crippen LogP contribution in [-0.4, -0.2) is 106 Å². The summed E-state index contributed by atoms with van der Waals surface area (Å²) in [6.45, 7) is 2.80. The van der Waals surface area contributed by atoms with Crippen molar-refractivity contribution in [2.75, 3.05) is 25.9 Å². The molecule has 1 saturated heterocycles. The van der Waals surface area contributed by atoms with Gasteiger partial charge in [0.25, 0.3) is 0 Å². The number of carbonyl (C=O) groups excluding carboxylic acids is 5. The molecule has 18 heteroatoms. The molecule has 0 bridgehead atoms. The zero-order chi connectivity index (χ0) is 29.9. The van der Waals surface area contributed by atoms with E-state index in [4.69, 9.17) is 22.9 Å². The first-order chi connectivity index (χ1) is 18.1. The van der Waals surface area contributed by atoms with Gasteiger partial charge in [-0.1, -0.05) is 21.6 Å². The predicted molar refractivity (Wildman–Crippen MR) is 147 cm³/mol. The van der Waals surface area contributed by atoms with E-state index in [2.05, 4.69) is 20.9 Å². The minimum absolute atomic E-state index is 0.0840. The maximum atomic E-state index is 13.0. The van der Waals surface area contributed by atoms with Gasteiger partial charge in [-0.2, -0.15) is 0 Å². The SMILES string of the molecule is CN1C(=O)[C@@H](N)CSSC(C)(C)[C@@H](C(N)=O)NC(=O)[C@H](CC(=O)O)NC(=O)CNC(=O)[C@@H]1CCCN=C(N)N. The summed E-state index contributed by atoms with van der Waals surface area (Å²) in [7, 11) is 3.68. The van der Waals surface area contributed by atoms with Crippen LogP contribution in [0.5, 0.6) is 0 Å². The van der Waals surface area contributed by atoms with Gasteiger partial charge in [-0.3, -0.25) is 33.8 Å². The second-order valence-electron chi connectivity index (χ2n) is 9.27. The third-order valence-electron chi connectivity index (χ3n) is 5.61. The molecule has 1 rings (SSSR count). The quantitative estimate of drug-likeness (QED) is 0.0617. The smallest absolute Gasteiger partial charge is 0.305 e. The largest absolute Gasteiger partial charge is 0.481 e. The Morgan fingerprint density at radius 2 is 1.77 bits per heavy atom. The highest BCUT2D eigenvalue weighted by molar-refractivity contribution is 8.77. The van der Waals surface area contributed by atoms with Gasteiger partial charge in [0.2, 0.25) is 29.5 Å². The number of nitrogens with one attached hydrogen (secondary N) is 3. The molecule has 12 N–H and O–H groups in total. The number of aliphatic imine (C=N–C) groups is 1. The van der Waals surface area contributed by atoms with Crippen LogP contribution in [0.2, 0.25) is 0 Å². The molecular formula is C21H37N9O7S2. The van der Waals surface area contributed by atoms with Crippen molar-refractivity contribution >= 4 is 63.1 Å². The van der Waals surface area contributed by atoms with Crippen LogP contribution in [0.1, 0.15) is 33.1 Å². The van der Waals surface area contributed by atoms with Crippen LogP contribution >= 0.6 is 21.6 Å². The summed E-state index contributed by atoms with van der Waals surface area (Å²) >= 11 is 0. The topological polar surface area (TPSA) is 278 Å². The lowest BCUT2D eigenvalue weighted by molar-refractivity contribution is -0.141. The summed E-state index contributed by atoms with van der Waals surface area (Å²) in [4.78, 5) is 80.0. The molecule has 0 aromatic carbocycles. The molecule has 1 heterocycles. The average Bonchev–Trinajstić information content (AvgIpc) is 2.82. The predicted octanol–water partition coefficient (Wildman–Crippen LogP) is -3.59. The highest BCUT2D eigenvalue weighted by Gasteiger charge is 2.39. The Morgan fingerprint density at radius 1 is 1.13 bits per heavy atom. The molecule has 1 fully saturated rings. The van der Waals surface area contributed by atoms with Crippen molar-refractivity contribution in [3.05, 3.63) is 0 Å². The fourth-order valence-electron chi connectivity index (χ4n) is 3.53. The number of carboxylic acids is 1. The van der Waals surface area contributed by atoms with Crippen molar-refractivity contribution in [1.29, 1.82) is 0 Å². The summed E-state index contributed by atoms with van der Waals surface area (Å²) in [6.07, 6.45) is -0.333. The molecule has 5 amide bonds. The number of amides is 5. The van der Waals surface area contributed by atoms with E-state index in [0.717, 1.165) is 21.6 Å². The Bertz CT molecular complexity index is 975. The number of carboxylic acid groups (broad SMARTS) is 1. The van der Waals surface area contributed by atoms with Gasteiger partial charge in [-0.05, 0) is 26.7 Å². The summed E-state index contributed by atoms with van der Waals surface area (Å²) < 4.78 is -1.03. The number of hydrogen-bond acceptors (Lipinski definition) is 10. The lowest BCUT2D eigenvalue weighted by Gasteiger charge is -2.33. The lowest BCUT2D eigenvalue weighted by Crippen LogP contribution is -2.59. The fourth-order valence-corrected chi connectivity index (χ4v) is 6.31. The first kappa shape index (κ1) is 33.8. The van der Waals surface area contributed by atoms with Crippen LogP contribution in [0.25, 0.3) is 0 Å². The van der Waals surface area contributed by atoms with Gasteiger partial charge < -0.3 is 48.9 Å². The van der Waals surface area contributed by atoms with E-state index >= 15 is 0 Å². The maximum absolute atomic E-state index is 13.0. The van der Waals surface area contributed by atoms with Gasteiger partial charge in [-0.25, -0.2) is 0 Å². The van der Waals surface area contributed by atoms with E-state index < -0.39 is 77.4 Å². The Kier molecular flexibility index (Phi) is 13.3. The van der Waals surface area contributed by atoms with Crippen LogP contribution in [0.15, 0.2) is 4.99 Å². The highest BCUT2D eigenvalue weighted by Crippen LogP contribution is 2.38. The molecule has 39 heavy (non-hydrogen) atoms. The first-order valence-corrected chi connectivity index (χ1v) is 14.2. The zero-order valence-corrected chi connectivity index (χ0v) is 23.6. The van der Waals surface area contributed by atoms with Crippen molar-refractivity contribution in [3.63, 3.8) is 0 Å². The van der Waals surface area contributed by atoms with E-state index in [1.54, 1.807) is 13.8 Å². The number of nitrogens with two attached hydrogens (primary N) is 4. The number of rotatable bonds is 7. The molecule has 0 unspecified atom stereocenters. The Hall–Kier alpha value is -3.25. The molecule has 0 aliphatic carbocycles. The third kappa shape index (κ3) is 11.2. The number of guanidine groups is 1. The van der Waals surface area contributed by atoms with Crippen molar-refractivity contribution in [3.8, 4) is 0 Å². The van der Waals surface area contributed by atoms with Crippen LogP contribution in [-0.2, 0) is 28.8 Å². The van der Waals surface area contributed by atoms with Gasteiger partial charge in [0.15, 0.2) is 5.96 Å². The summed E-state index contributed by atoms with van der Waals surface area (Å²) in [5, 5.41) is 16.3. The monoisotopic (exact) mass is 591 g/mol. The standard InChI is InChI=1S/C21H37N9O7S2/c1-21(2)15(16(23)34)29-17(35)11(7-14(32)33)28-13(31)8-27-18(36)12(5-4-6-26-20(24)25)30(3)19(37)10(22)9-38-39-21/h10-12,15H,4-9,22H2,1-3H3,(H2,23,34)(H,27,36)(H,28,31)(H,29,35)(H,32,33)(H4,24,25,26)/t10-,11-,12-,15+/m0/s1. The molecule has 0 spiro atoms. The molecule has 1 aliphatic heterocycles. The van der Waals surface area contributed by atoms with E-state index in [-0.39, 0.29) is 24.7 Å². The number of carbonyl (C=O) groups is 6. The lowest BCUT2D eigenvalue weighted by atomic mass is 10.0.